The Kier molecular flexibility index (Phi) is 5.95. The summed E-state index contributed by atoms with van der Waals surface area (Å²) in [6.45, 7) is 3.39. The van der Waals surface area contributed by atoms with Crippen molar-refractivity contribution in [1.29, 1.82) is 0 Å². The highest BCUT2D eigenvalue weighted by molar-refractivity contribution is 5.82. The molecule has 1 unspecified atom stereocenters. The Hall–Kier alpha value is -1.26. The summed E-state index contributed by atoms with van der Waals surface area (Å²) in [6, 6.07) is -0.780. The minimum absolute atomic E-state index is 0.141. The van der Waals surface area contributed by atoms with Crippen molar-refractivity contribution in [1.82, 2.24) is 9.80 Å². The third-order valence-electron chi connectivity index (χ3n) is 3.46. The highest BCUT2D eigenvalue weighted by atomic mass is 16.4. The fraction of sp³-hybridized carbons (Fsp3) is 0.846. The van der Waals surface area contributed by atoms with Gasteiger partial charge < -0.3 is 14.9 Å². The SMILES string of the molecule is CCCCCN(C)C(=O)N1CCCCC1C(=O)O. The van der Waals surface area contributed by atoms with Crippen molar-refractivity contribution in [3.8, 4) is 0 Å². The maximum absolute atomic E-state index is 12.2. The molecule has 0 bridgehead atoms. The number of nitrogens with zero attached hydrogens (tertiary/aromatic N) is 2. The minimum Gasteiger partial charge on any atom is -0.480 e. The molecular weight excluding hydrogens is 232 g/mol. The number of piperidine rings is 1. The topological polar surface area (TPSA) is 60.9 Å². The van der Waals surface area contributed by atoms with Crippen LogP contribution in [-0.2, 0) is 4.79 Å². The second-order valence-corrected chi connectivity index (χ2v) is 4.95. The van der Waals surface area contributed by atoms with E-state index in [4.69, 9.17) is 5.11 Å². The van der Waals surface area contributed by atoms with Gasteiger partial charge in [0.15, 0.2) is 0 Å². The normalized spacial score (nSPS) is 19.7. The molecule has 0 saturated carbocycles. The highest BCUT2D eigenvalue weighted by Crippen LogP contribution is 2.18. The highest BCUT2D eigenvalue weighted by Gasteiger charge is 2.33. The molecule has 0 spiro atoms. The molecule has 0 aromatic heterocycles. The van der Waals surface area contributed by atoms with E-state index in [1.807, 2.05) is 0 Å². The Balaban J connectivity index is 2.54. The van der Waals surface area contributed by atoms with Gasteiger partial charge in [-0.25, -0.2) is 9.59 Å². The van der Waals surface area contributed by atoms with Gasteiger partial charge in [-0.1, -0.05) is 19.8 Å². The number of carboxylic acid groups (broad SMARTS) is 1. The number of hydrogen-bond acceptors (Lipinski definition) is 2. The van der Waals surface area contributed by atoms with Crippen molar-refractivity contribution < 1.29 is 14.7 Å². The maximum Gasteiger partial charge on any atom is 0.326 e. The number of aliphatic carboxylic acids is 1. The van der Waals surface area contributed by atoms with Crippen LogP contribution in [-0.4, -0.2) is 53.1 Å². The summed E-state index contributed by atoms with van der Waals surface area (Å²) >= 11 is 0. The van der Waals surface area contributed by atoms with Gasteiger partial charge in [-0.05, 0) is 25.7 Å². The van der Waals surface area contributed by atoms with Crippen molar-refractivity contribution in [3.63, 3.8) is 0 Å². The van der Waals surface area contributed by atoms with Gasteiger partial charge in [-0.2, -0.15) is 0 Å². The molecule has 2 amide bonds. The Morgan fingerprint density at radius 3 is 2.67 bits per heavy atom. The summed E-state index contributed by atoms with van der Waals surface area (Å²) in [7, 11) is 1.76. The van der Waals surface area contributed by atoms with Crippen LogP contribution in [0.25, 0.3) is 0 Å². The standard InChI is InChI=1S/C13H24N2O3/c1-3-4-6-9-14(2)13(18)15-10-7-5-8-11(15)12(16)17/h11H,3-10H2,1-2H3,(H,16,17). The number of amides is 2. The van der Waals surface area contributed by atoms with Crippen LogP contribution in [0.15, 0.2) is 0 Å². The van der Waals surface area contributed by atoms with Crippen LogP contribution in [0.5, 0.6) is 0 Å². The van der Waals surface area contributed by atoms with Crippen molar-refractivity contribution >= 4 is 12.0 Å². The summed E-state index contributed by atoms with van der Waals surface area (Å²) in [5.41, 5.74) is 0. The van der Waals surface area contributed by atoms with E-state index in [1.165, 1.54) is 4.90 Å². The molecule has 5 nitrogen and oxygen atoms in total. The lowest BCUT2D eigenvalue weighted by molar-refractivity contribution is -0.143. The Morgan fingerprint density at radius 1 is 1.33 bits per heavy atom. The molecular formula is C13H24N2O3. The quantitative estimate of drug-likeness (QED) is 0.767. The van der Waals surface area contributed by atoms with E-state index in [0.717, 1.165) is 32.1 Å². The first-order valence-electron chi connectivity index (χ1n) is 6.82. The lowest BCUT2D eigenvalue weighted by Gasteiger charge is -2.35. The first-order valence-corrected chi connectivity index (χ1v) is 6.82. The first-order chi connectivity index (χ1) is 8.57. The van der Waals surface area contributed by atoms with Gasteiger partial charge in [0.05, 0.1) is 0 Å². The van der Waals surface area contributed by atoms with Crippen LogP contribution in [0.3, 0.4) is 0 Å². The first kappa shape index (κ1) is 14.8. The van der Waals surface area contributed by atoms with Crippen LogP contribution in [0.1, 0.15) is 45.4 Å². The molecule has 0 radical (unpaired) electrons. The van der Waals surface area contributed by atoms with E-state index in [9.17, 15) is 9.59 Å². The predicted molar refractivity (Wildman–Crippen MR) is 69.5 cm³/mol. The molecule has 1 saturated heterocycles. The van der Waals surface area contributed by atoms with E-state index in [-0.39, 0.29) is 6.03 Å². The van der Waals surface area contributed by atoms with Crippen molar-refractivity contribution in [2.24, 2.45) is 0 Å². The zero-order valence-corrected chi connectivity index (χ0v) is 11.4. The fourth-order valence-corrected chi connectivity index (χ4v) is 2.33. The van der Waals surface area contributed by atoms with Crippen LogP contribution >= 0.6 is 0 Å². The molecule has 1 N–H and O–H groups in total. The van der Waals surface area contributed by atoms with E-state index >= 15 is 0 Å². The number of likely N-dealkylation sites (tertiary alicyclic amines) is 1. The van der Waals surface area contributed by atoms with Crippen LogP contribution in [0, 0.1) is 0 Å². The summed E-state index contributed by atoms with van der Waals surface area (Å²) in [5, 5.41) is 9.14. The van der Waals surface area contributed by atoms with Gasteiger partial charge >= 0.3 is 12.0 Å². The monoisotopic (exact) mass is 256 g/mol. The van der Waals surface area contributed by atoms with Crippen LogP contribution in [0.4, 0.5) is 4.79 Å². The molecule has 1 aliphatic heterocycles. The molecule has 0 aliphatic carbocycles. The maximum atomic E-state index is 12.2. The number of carbonyl (C=O) groups is 2. The van der Waals surface area contributed by atoms with E-state index < -0.39 is 12.0 Å². The van der Waals surface area contributed by atoms with E-state index in [2.05, 4.69) is 6.92 Å². The summed E-state index contributed by atoms with van der Waals surface area (Å²) in [4.78, 5) is 26.5. The summed E-state index contributed by atoms with van der Waals surface area (Å²) in [6.07, 6.45) is 5.55. The lowest BCUT2D eigenvalue weighted by Crippen LogP contribution is -2.52. The third-order valence-corrected chi connectivity index (χ3v) is 3.46. The molecule has 1 fully saturated rings. The van der Waals surface area contributed by atoms with Gasteiger partial charge in [0.2, 0.25) is 0 Å². The van der Waals surface area contributed by atoms with E-state index in [1.54, 1.807) is 11.9 Å². The number of urea groups is 1. The van der Waals surface area contributed by atoms with Crippen molar-refractivity contribution in [2.75, 3.05) is 20.1 Å². The average molecular weight is 256 g/mol. The van der Waals surface area contributed by atoms with Crippen molar-refractivity contribution in [3.05, 3.63) is 0 Å². The summed E-state index contributed by atoms with van der Waals surface area (Å²) in [5.74, 6) is -0.884. The Morgan fingerprint density at radius 2 is 2.06 bits per heavy atom. The number of carboxylic acids is 1. The minimum atomic E-state index is -0.884. The smallest absolute Gasteiger partial charge is 0.326 e. The summed E-state index contributed by atoms with van der Waals surface area (Å²) < 4.78 is 0. The van der Waals surface area contributed by atoms with Gasteiger partial charge in [0.25, 0.3) is 0 Å². The average Bonchev–Trinajstić information content (AvgIpc) is 2.38. The number of unbranched alkanes of at least 4 members (excludes halogenated alkanes) is 2. The van der Waals surface area contributed by atoms with Crippen molar-refractivity contribution in [2.45, 2.75) is 51.5 Å². The third kappa shape index (κ3) is 3.89. The molecule has 0 aromatic carbocycles. The molecule has 1 heterocycles. The van der Waals surface area contributed by atoms with Crippen LogP contribution in [0.2, 0.25) is 0 Å². The zero-order valence-electron chi connectivity index (χ0n) is 11.4. The molecule has 1 rings (SSSR count). The van der Waals surface area contributed by atoms with Gasteiger partial charge in [0.1, 0.15) is 6.04 Å². The predicted octanol–water partition coefficient (Wildman–Crippen LogP) is 2.17. The number of hydrogen-bond donors (Lipinski definition) is 1. The largest absolute Gasteiger partial charge is 0.480 e. The molecule has 104 valence electrons. The lowest BCUT2D eigenvalue weighted by atomic mass is 10.0. The molecule has 1 atom stereocenters. The van der Waals surface area contributed by atoms with Crippen LogP contribution < -0.4 is 0 Å². The Labute approximate surface area is 109 Å². The number of rotatable bonds is 5. The van der Waals surface area contributed by atoms with Gasteiger partial charge in [-0.3, -0.25) is 0 Å². The molecule has 5 heteroatoms. The fourth-order valence-electron chi connectivity index (χ4n) is 2.33. The molecule has 18 heavy (non-hydrogen) atoms. The second kappa shape index (κ2) is 7.24. The Bertz CT molecular complexity index is 294. The van der Waals surface area contributed by atoms with Gasteiger partial charge in [0, 0.05) is 20.1 Å². The molecule has 0 aromatic rings. The van der Waals surface area contributed by atoms with E-state index in [0.29, 0.717) is 19.5 Å². The molecule has 1 aliphatic rings. The van der Waals surface area contributed by atoms with Gasteiger partial charge in [-0.15, -0.1) is 0 Å². The second-order valence-electron chi connectivity index (χ2n) is 4.95. The zero-order chi connectivity index (χ0) is 13.5. The number of carbonyl (C=O) groups excluding carboxylic acids is 1.